The molecular formula is C23H29F3O3S. The normalized spacial score (nSPS) is 15.8. The molecule has 0 radical (unpaired) electrons. The van der Waals surface area contributed by atoms with Crippen molar-refractivity contribution >= 4 is 15.7 Å². The molecule has 1 atom stereocenters. The zero-order valence-electron chi connectivity index (χ0n) is 18.3. The second-order valence-electron chi connectivity index (χ2n) is 8.40. The maximum atomic E-state index is 13.1. The van der Waals surface area contributed by atoms with Crippen molar-refractivity contribution in [3.8, 4) is 5.75 Å². The van der Waals surface area contributed by atoms with Gasteiger partial charge in [0, 0.05) is 11.0 Å². The Hall–Kier alpha value is -2.02. The summed E-state index contributed by atoms with van der Waals surface area (Å²) in [7, 11) is -5.79. The number of fused-ring (bicyclic) bond motifs is 1. The number of rotatable bonds is 7. The van der Waals surface area contributed by atoms with Crippen LogP contribution in [0.4, 0.5) is 13.2 Å². The summed E-state index contributed by atoms with van der Waals surface area (Å²) in [6.45, 7) is 15.5. The quantitative estimate of drug-likeness (QED) is 0.266. The van der Waals surface area contributed by atoms with Crippen molar-refractivity contribution in [3.05, 3.63) is 58.2 Å². The summed E-state index contributed by atoms with van der Waals surface area (Å²) in [5.74, 6) is -0.274. The van der Waals surface area contributed by atoms with Crippen molar-refractivity contribution in [3.63, 3.8) is 0 Å². The van der Waals surface area contributed by atoms with Crippen molar-refractivity contribution in [2.45, 2.75) is 71.7 Å². The molecule has 1 aliphatic rings. The minimum absolute atomic E-state index is 0.274. The van der Waals surface area contributed by atoms with Crippen LogP contribution in [0.3, 0.4) is 0 Å². The zero-order valence-corrected chi connectivity index (χ0v) is 19.1. The molecule has 166 valence electrons. The lowest BCUT2D eigenvalue weighted by molar-refractivity contribution is -0.0500. The van der Waals surface area contributed by atoms with E-state index in [9.17, 15) is 21.6 Å². The number of allylic oxidation sites excluding steroid dienone is 5. The molecule has 0 fully saturated rings. The average Bonchev–Trinajstić information content (AvgIpc) is 3.00. The first kappa shape index (κ1) is 24.3. The second kappa shape index (κ2) is 8.25. The average molecular weight is 443 g/mol. The van der Waals surface area contributed by atoms with Crippen LogP contribution in [0.1, 0.15) is 69.7 Å². The molecular weight excluding hydrogens is 413 g/mol. The van der Waals surface area contributed by atoms with E-state index in [4.69, 9.17) is 4.18 Å². The van der Waals surface area contributed by atoms with Crippen molar-refractivity contribution in [2.75, 3.05) is 0 Å². The smallest absolute Gasteiger partial charge is 0.376 e. The Morgan fingerprint density at radius 3 is 2.33 bits per heavy atom. The Morgan fingerprint density at radius 2 is 1.83 bits per heavy atom. The fraction of sp³-hybridized carbons (Fsp3) is 0.478. The lowest BCUT2D eigenvalue weighted by atomic mass is 9.73. The molecule has 0 saturated heterocycles. The van der Waals surface area contributed by atoms with Crippen molar-refractivity contribution in [2.24, 2.45) is 0 Å². The molecule has 1 aliphatic carbocycles. The van der Waals surface area contributed by atoms with Crippen LogP contribution in [0.2, 0.25) is 0 Å². The van der Waals surface area contributed by atoms with Gasteiger partial charge in [-0.05, 0) is 82.2 Å². The van der Waals surface area contributed by atoms with Gasteiger partial charge in [-0.25, -0.2) is 0 Å². The molecule has 0 aromatic heterocycles. The van der Waals surface area contributed by atoms with Gasteiger partial charge < -0.3 is 4.18 Å². The molecule has 1 aromatic carbocycles. The molecule has 1 aromatic rings. The number of aryl methyl sites for hydroxylation is 1. The number of alkyl halides is 3. The van der Waals surface area contributed by atoms with E-state index in [0.29, 0.717) is 30.4 Å². The molecule has 0 saturated carbocycles. The summed E-state index contributed by atoms with van der Waals surface area (Å²) in [6.07, 6.45) is 5.44. The van der Waals surface area contributed by atoms with Gasteiger partial charge in [0.2, 0.25) is 0 Å². The summed E-state index contributed by atoms with van der Waals surface area (Å²) < 4.78 is 67.5. The van der Waals surface area contributed by atoms with E-state index < -0.39 is 21.0 Å². The van der Waals surface area contributed by atoms with Crippen LogP contribution >= 0.6 is 0 Å². The van der Waals surface area contributed by atoms with Gasteiger partial charge >= 0.3 is 15.6 Å². The first-order valence-corrected chi connectivity index (χ1v) is 11.2. The molecule has 1 unspecified atom stereocenters. The summed E-state index contributed by atoms with van der Waals surface area (Å²) in [5, 5.41) is 0. The molecule has 0 bridgehead atoms. The van der Waals surface area contributed by atoms with Gasteiger partial charge in [0.1, 0.15) is 5.75 Å². The molecule has 30 heavy (non-hydrogen) atoms. The first-order chi connectivity index (χ1) is 13.6. The minimum Gasteiger partial charge on any atom is -0.376 e. The lowest BCUT2D eigenvalue weighted by Crippen LogP contribution is -2.30. The van der Waals surface area contributed by atoms with Crippen molar-refractivity contribution < 1.29 is 25.8 Å². The van der Waals surface area contributed by atoms with Gasteiger partial charge in [-0.15, -0.1) is 6.58 Å². The van der Waals surface area contributed by atoms with Crippen LogP contribution in [0, 0.1) is 6.92 Å². The fourth-order valence-electron chi connectivity index (χ4n) is 3.85. The third-order valence-corrected chi connectivity index (χ3v) is 6.94. The SMILES string of the molecule is C=CC(C)(CCC(C)=C(C)C)c1c(OS(=O)(=O)C(F)(F)F)cc(C)c2c1CC=C2C. The standard InChI is InChI=1S/C23H29F3O3S/c1-8-22(7,12-11-15(4)14(2)3)21-18-10-9-16(5)20(18)17(6)13-19(21)29-30(27,28)23(24,25)26/h8-9,13H,1,10-12H2,2-7H3. The van der Waals surface area contributed by atoms with Crippen molar-refractivity contribution in [1.82, 2.24) is 0 Å². The van der Waals surface area contributed by atoms with E-state index >= 15 is 0 Å². The van der Waals surface area contributed by atoms with E-state index in [1.807, 2.05) is 40.7 Å². The van der Waals surface area contributed by atoms with Gasteiger partial charge in [0.15, 0.2) is 0 Å². The van der Waals surface area contributed by atoms with Gasteiger partial charge in [-0.1, -0.05) is 30.2 Å². The highest BCUT2D eigenvalue weighted by atomic mass is 32.2. The third kappa shape index (κ3) is 4.51. The Bertz CT molecular complexity index is 1030. The second-order valence-corrected chi connectivity index (χ2v) is 9.93. The molecule has 0 amide bonds. The monoisotopic (exact) mass is 442 g/mol. The predicted molar refractivity (Wildman–Crippen MR) is 115 cm³/mol. The van der Waals surface area contributed by atoms with Gasteiger partial charge in [-0.2, -0.15) is 21.6 Å². The van der Waals surface area contributed by atoms with Crippen LogP contribution in [0.15, 0.2) is 35.9 Å². The Kier molecular flexibility index (Phi) is 6.67. The largest absolute Gasteiger partial charge is 0.534 e. The predicted octanol–water partition coefficient (Wildman–Crippen LogP) is 6.76. The number of benzene rings is 1. The Morgan fingerprint density at radius 1 is 1.23 bits per heavy atom. The summed E-state index contributed by atoms with van der Waals surface area (Å²) >= 11 is 0. The summed E-state index contributed by atoms with van der Waals surface area (Å²) in [5.41, 5.74) is -0.0415. The minimum atomic E-state index is -5.79. The van der Waals surface area contributed by atoms with Gasteiger partial charge in [-0.3, -0.25) is 0 Å². The van der Waals surface area contributed by atoms with E-state index in [-0.39, 0.29) is 5.75 Å². The molecule has 2 rings (SSSR count). The number of hydrogen-bond acceptors (Lipinski definition) is 3. The van der Waals surface area contributed by atoms with Crippen molar-refractivity contribution in [1.29, 1.82) is 0 Å². The van der Waals surface area contributed by atoms with Crippen LogP contribution in [-0.2, 0) is 22.0 Å². The maximum Gasteiger partial charge on any atom is 0.534 e. The molecule has 0 heterocycles. The molecule has 3 nitrogen and oxygen atoms in total. The van der Waals surface area contributed by atoms with Gasteiger partial charge in [0.25, 0.3) is 0 Å². The molecule has 7 heteroatoms. The lowest BCUT2D eigenvalue weighted by Gasteiger charge is -2.32. The highest BCUT2D eigenvalue weighted by Crippen LogP contribution is 2.47. The summed E-state index contributed by atoms with van der Waals surface area (Å²) in [4.78, 5) is 0. The van der Waals surface area contributed by atoms with Crippen LogP contribution < -0.4 is 4.18 Å². The number of hydrogen-bond donors (Lipinski definition) is 0. The van der Waals surface area contributed by atoms with E-state index in [1.54, 1.807) is 13.0 Å². The van der Waals surface area contributed by atoms with Gasteiger partial charge in [0.05, 0.1) is 0 Å². The Labute approximate surface area is 177 Å². The topological polar surface area (TPSA) is 43.4 Å². The Balaban J connectivity index is 2.72. The third-order valence-electron chi connectivity index (χ3n) is 5.98. The fourth-order valence-corrected chi connectivity index (χ4v) is 4.31. The highest BCUT2D eigenvalue weighted by Gasteiger charge is 2.49. The summed E-state index contributed by atoms with van der Waals surface area (Å²) in [6, 6.07) is 1.40. The molecule has 0 aliphatic heterocycles. The van der Waals surface area contributed by atoms with Crippen LogP contribution in [0.5, 0.6) is 5.75 Å². The maximum absolute atomic E-state index is 13.1. The first-order valence-electron chi connectivity index (χ1n) is 9.76. The van der Waals surface area contributed by atoms with Crippen LogP contribution in [0.25, 0.3) is 5.57 Å². The van der Waals surface area contributed by atoms with Crippen LogP contribution in [-0.4, -0.2) is 13.9 Å². The zero-order chi connectivity index (χ0) is 23.1. The number of halogens is 3. The molecule has 0 spiro atoms. The van der Waals surface area contributed by atoms with E-state index in [1.165, 1.54) is 17.2 Å². The van der Waals surface area contributed by atoms with E-state index in [2.05, 4.69) is 6.58 Å². The highest BCUT2D eigenvalue weighted by molar-refractivity contribution is 7.88. The van der Waals surface area contributed by atoms with E-state index in [0.717, 1.165) is 16.7 Å². The molecule has 0 N–H and O–H groups in total.